The van der Waals surface area contributed by atoms with Gasteiger partial charge in [-0.1, -0.05) is 6.92 Å². The van der Waals surface area contributed by atoms with E-state index in [1.165, 1.54) is 11.3 Å². The van der Waals surface area contributed by atoms with Gasteiger partial charge < -0.3 is 10.1 Å². The Balaban J connectivity index is 2.66. The number of ether oxygens (including phenoxy) is 1. The Labute approximate surface area is 125 Å². The molecule has 0 aliphatic heterocycles. The van der Waals surface area contributed by atoms with Crippen molar-refractivity contribution in [3.63, 3.8) is 0 Å². The van der Waals surface area contributed by atoms with Gasteiger partial charge in [0.15, 0.2) is 0 Å². The first kappa shape index (κ1) is 17.6. The summed E-state index contributed by atoms with van der Waals surface area (Å²) in [6.45, 7) is 10.0. The summed E-state index contributed by atoms with van der Waals surface area (Å²) >= 11 is 1.45. The summed E-state index contributed by atoms with van der Waals surface area (Å²) in [6, 6.07) is 1.71. The molecule has 0 amide bonds. The third-order valence-electron chi connectivity index (χ3n) is 2.71. The predicted octanol–water partition coefficient (Wildman–Crippen LogP) is 1.95. The van der Waals surface area contributed by atoms with Gasteiger partial charge in [-0.2, -0.15) is 0 Å². The number of thiophene rings is 1. The fraction of sp³-hybridized carbons (Fsp3) is 0.692. The summed E-state index contributed by atoms with van der Waals surface area (Å²) in [5.74, 6) is 0. The highest BCUT2D eigenvalue weighted by molar-refractivity contribution is 7.89. The molecule has 1 heterocycles. The molecular formula is C13H24N2O3S2. The average Bonchev–Trinajstić information content (AvgIpc) is 2.84. The van der Waals surface area contributed by atoms with Crippen LogP contribution in [-0.2, 0) is 21.3 Å². The van der Waals surface area contributed by atoms with Gasteiger partial charge in [-0.25, -0.2) is 13.1 Å². The van der Waals surface area contributed by atoms with Crippen LogP contribution >= 0.6 is 11.3 Å². The molecule has 1 rings (SSSR count). The lowest BCUT2D eigenvalue weighted by Crippen LogP contribution is -2.40. The third kappa shape index (κ3) is 5.49. The van der Waals surface area contributed by atoms with Crippen molar-refractivity contribution < 1.29 is 13.2 Å². The van der Waals surface area contributed by atoms with Crippen LogP contribution in [0.1, 0.15) is 32.6 Å². The van der Waals surface area contributed by atoms with Crippen molar-refractivity contribution >= 4 is 21.4 Å². The number of rotatable bonds is 9. The molecule has 5 nitrogen and oxygen atoms in total. The Morgan fingerprint density at radius 2 is 2.05 bits per heavy atom. The fourth-order valence-corrected chi connectivity index (χ4v) is 4.08. The zero-order valence-corrected chi connectivity index (χ0v) is 14.2. The summed E-state index contributed by atoms with van der Waals surface area (Å²) in [5.41, 5.74) is -0.509. The van der Waals surface area contributed by atoms with Crippen LogP contribution in [-0.4, -0.2) is 33.7 Å². The summed E-state index contributed by atoms with van der Waals surface area (Å²) in [7, 11) is -3.46. The monoisotopic (exact) mass is 320 g/mol. The lowest BCUT2D eigenvalue weighted by molar-refractivity contribution is -0.00514. The molecule has 0 aromatic carbocycles. The Bertz CT molecular complexity index is 509. The van der Waals surface area contributed by atoms with Crippen molar-refractivity contribution in [3.8, 4) is 0 Å². The van der Waals surface area contributed by atoms with Crippen molar-refractivity contribution in [2.45, 2.75) is 44.7 Å². The van der Waals surface area contributed by atoms with Gasteiger partial charge in [-0.05, 0) is 33.4 Å². The molecule has 0 aliphatic carbocycles. The van der Waals surface area contributed by atoms with E-state index in [1.807, 2.05) is 27.7 Å². The van der Waals surface area contributed by atoms with Crippen molar-refractivity contribution in [1.29, 1.82) is 0 Å². The van der Waals surface area contributed by atoms with E-state index in [1.54, 1.807) is 11.4 Å². The van der Waals surface area contributed by atoms with Crippen molar-refractivity contribution in [3.05, 3.63) is 16.3 Å². The van der Waals surface area contributed by atoms with Gasteiger partial charge >= 0.3 is 0 Å². The summed E-state index contributed by atoms with van der Waals surface area (Å²) in [5, 5.41) is 4.85. The summed E-state index contributed by atoms with van der Waals surface area (Å²) in [6.07, 6.45) is 0. The van der Waals surface area contributed by atoms with Gasteiger partial charge in [-0.15, -0.1) is 11.3 Å². The first-order valence-electron chi connectivity index (χ1n) is 6.72. The maximum atomic E-state index is 12.2. The Morgan fingerprint density at radius 3 is 2.65 bits per heavy atom. The van der Waals surface area contributed by atoms with Gasteiger partial charge in [0.2, 0.25) is 10.0 Å². The normalized spacial score (nSPS) is 12.8. The van der Waals surface area contributed by atoms with Crippen LogP contribution in [0.3, 0.4) is 0 Å². The lowest BCUT2D eigenvalue weighted by atomic mass is 10.1. The van der Waals surface area contributed by atoms with Crippen molar-refractivity contribution in [2.75, 3.05) is 19.7 Å². The number of sulfonamides is 1. The van der Waals surface area contributed by atoms with E-state index in [-0.39, 0.29) is 6.54 Å². The Kier molecular flexibility index (Phi) is 6.60. The van der Waals surface area contributed by atoms with Gasteiger partial charge in [0.05, 0.1) is 10.5 Å². The van der Waals surface area contributed by atoms with E-state index >= 15 is 0 Å². The minimum Gasteiger partial charge on any atom is -0.375 e. The molecule has 0 aliphatic rings. The van der Waals surface area contributed by atoms with Crippen molar-refractivity contribution in [1.82, 2.24) is 10.0 Å². The third-order valence-corrected chi connectivity index (χ3v) is 5.18. The van der Waals surface area contributed by atoms with E-state index in [2.05, 4.69) is 10.0 Å². The van der Waals surface area contributed by atoms with Crippen LogP contribution in [0, 0.1) is 0 Å². The minimum absolute atomic E-state index is 0.252. The highest BCUT2D eigenvalue weighted by atomic mass is 32.2. The lowest BCUT2D eigenvalue weighted by Gasteiger charge is -2.24. The molecule has 0 saturated carbocycles. The Hall–Kier alpha value is -0.470. The second-order valence-corrected chi connectivity index (χ2v) is 7.81. The quantitative estimate of drug-likeness (QED) is 0.730. The molecule has 0 radical (unpaired) electrons. The molecule has 0 unspecified atom stereocenters. The molecule has 7 heteroatoms. The molecule has 0 bridgehead atoms. The molecule has 0 spiro atoms. The molecule has 2 N–H and O–H groups in total. The van der Waals surface area contributed by atoms with E-state index in [0.29, 0.717) is 18.0 Å². The summed E-state index contributed by atoms with van der Waals surface area (Å²) < 4.78 is 32.5. The molecule has 1 aromatic rings. The maximum Gasteiger partial charge on any atom is 0.241 e. The van der Waals surface area contributed by atoms with Crippen LogP contribution in [0.15, 0.2) is 16.3 Å². The van der Waals surface area contributed by atoms with Gasteiger partial charge in [0.1, 0.15) is 0 Å². The molecule has 0 saturated heterocycles. The van der Waals surface area contributed by atoms with Crippen LogP contribution in [0.4, 0.5) is 0 Å². The Morgan fingerprint density at radius 1 is 1.35 bits per heavy atom. The smallest absolute Gasteiger partial charge is 0.241 e. The first-order valence-corrected chi connectivity index (χ1v) is 9.09. The maximum absolute atomic E-state index is 12.2. The van der Waals surface area contributed by atoms with Crippen molar-refractivity contribution in [2.24, 2.45) is 0 Å². The van der Waals surface area contributed by atoms with E-state index in [0.717, 1.165) is 11.4 Å². The van der Waals surface area contributed by atoms with Crippen LogP contribution in [0.5, 0.6) is 0 Å². The largest absolute Gasteiger partial charge is 0.375 e. The molecule has 0 atom stereocenters. The topological polar surface area (TPSA) is 67.4 Å². The van der Waals surface area contributed by atoms with Gasteiger partial charge in [0, 0.05) is 30.0 Å². The molecule has 116 valence electrons. The number of hydrogen-bond donors (Lipinski definition) is 2. The molecule has 1 aromatic heterocycles. The molecule has 0 fully saturated rings. The number of hydrogen-bond acceptors (Lipinski definition) is 5. The zero-order chi connectivity index (χ0) is 15.2. The fourth-order valence-electron chi connectivity index (χ4n) is 1.64. The van der Waals surface area contributed by atoms with Crippen LogP contribution in [0.2, 0.25) is 0 Å². The predicted molar refractivity (Wildman–Crippen MR) is 82.6 cm³/mol. The van der Waals surface area contributed by atoms with E-state index < -0.39 is 15.6 Å². The first-order chi connectivity index (χ1) is 9.30. The second-order valence-electron chi connectivity index (χ2n) is 5.05. The average molecular weight is 320 g/mol. The minimum atomic E-state index is -3.46. The van der Waals surface area contributed by atoms with E-state index in [9.17, 15) is 8.42 Å². The highest BCUT2D eigenvalue weighted by Gasteiger charge is 2.23. The zero-order valence-electron chi connectivity index (χ0n) is 12.5. The van der Waals surface area contributed by atoms with Gasteiger partial charge in [0.25, 0.3) is 0 Å². The SMILES string of the molecule is CCNCc1cc(S(=O)(=O)NCC(C)(C)OCC)cs1. The van der Waals surface area contributed by atoms with Crippen LogP contribution in [0.25, 0.3) is 0 Å². The van der Waals surface area contributed by atoms with E-state index in [4.69, 9.17) is 4.74 Å². The molecule has 20 heavy (non-hydrogen) atoms. The molecular weight excluding hydrogens is 296 g/mol. The highest BCUT2D eigenvalue weighted by Crippen LogP contribution is 2.19. The number of nitrogens with one attached hydrogen (secondary N) is 2. The standard InChI is InChI=1S/C13H24N2O3S2/c1-5-14-8-11-7-12(9-19-11)20(16,17)15-10-13(3,4)18-6-2/h7,9,14-15H,5-6,8,10H2,1-4H3. The van der Waals surface area contributed by atoms with Crippen LogP contribution < -0.4 is 10.0 Å². The van der Waals surface area contributed by atoms with Gasteiger partial charge in [-0.3, -0.25) is 0 Å². The second kappa shape index (κ2) is 7.51. The summed E-state index contributed by atoms with van der Waals surface area (Å²) in [4.78, 5) is 1.33.